The van der Waals surface area contributed by atoms with Gasteiger partial charge in [0.15, 0.2) is 0 Å². The second-order valence-electron chi connectivity index (χ2n) is 2.49. The first-order chi connectivity index (χ1) is 4.09. The van der Waals surface area contributed by atoms with E-state index < -0.39 is 12.3 Å². The SMILES string of the molecule is CC(C)[C@H](O)[C@H](F)CN. The summed E-state index contributed by atoms with van der Waals surface area (Å²) < 4.78 is 12.4. The first kappa shape index (κ1) is 8.85. The molecule has 0 saturated carbocycles. The van der Waals surface area contributed by atoms with Crippen LogP contribution in [0.4, 0.5) is 4.39 Å². The predicted octanol–water partition coefficient (Wildman–Crippen LogP) is 0.300. The Kier molecular flexibility index (Phi) is 3.73. The summed E-state index contributed by atoms with van der Waals surface area (Å²) in [5, 5.41) is 8.94. The lowest BCUT2D eigenvalue weighted by Crippen LogP contribution is -2.33. The molecule has 0 aliphatic carbocycles. The van der Waals surface area contributed by atoms with E-state index in [-0.39, 0.29) is 12.5 Å². The zero-order chi connectivity index (χ0) is 7.44. The molecule has 9 heavy (non-hydrogen) atoms. The minimum Gasteiger partial charge on any atom is -0.390 e. The fourth-order valence-electron chi connectivity index (χ4n) is 0.557. The van der Waals surface area contributed by atoms with Gasteiger partial charge in [-0.05, 0) is 5.92 Å². The molecule has 0 heterocycles. The molecule has 56 valence electrons. The summed E-state index contributed by atoms with van der Waals surface area (Å²) in [4.78, 5) is 0. The lowest BCUT2D eigenvalue weighted by atomic mass is 10.0. The van der Waals surface area contributed by atoms with Crippen LogP contribution in [0.3, 0.4) is 0 Å². The fraction of sp³-hybridized carbons (Fsp3) is 1.00. The monoisotopic (exact) mass is 135 g/mol. The predicted molar refractivity (Wildman–Crippen MR) is 34.8 cm³/mol. The van der Waals surface area contributed by atoms with Gasteiger partial charge >= 0.3 is 0 Å². The molecule has 0 aliphatic heterocycles. The molecule has 0 aromatic carbocycles. The van der Waals surface area contributed by atoms with E-state index in [9.17, 15) is 4.39 Å². The number of aliphatic hydroxyl groups is 1. The number of aliphatic hydroxyl groups excluding tert-OH is 1. The first-order valence-electron chi connectivity index (χ1n) is 3.11. The van der Waals surface area contributed by atoms with Gasteiger partial charge in [-0.3, -0.25) is 0 Å². The molecule has 2 nitrogen and oxygen atoms in total. The van der Waals surface area contributed by atoms with Crippen molar-refractivity contribution in [2.75, 3.05) is 6.54 Å². The molecule has 0 aromatic rings. The second kappa shape index (κ2) is 3.80. The van der Waals surface area contributed by atoms with E-state index in [2.05, 4.69) is 0 Å². The zero-order valence-corrected chi connectivity index (χ0v) is 5.84. The van der Waals surface area contributed by atoms with Crippen LogP contribution in [0.15, 0.2) is 0 Å². The van der Waals surface area contributed by atoms with E-state index in [4.69, 9.17) is 10.8 Å². The summed E-state index contributed by atoms with van der Waals surface area (Å²) in [6.07, 6.45) is -2.18. The number of rotatable bonds is 3. The summed E-state index contributed by atoms with van der Waals surface area (Å²) in [6.45, 7) is 3.42. The highest BCUT2D eigenvalue weighted by molar-refractivity contribution is 4.70. The Labute approximate surface area is 54.9 Å². The van der Waals surface area contributed by atoms with Crippen LogP contribution in [0.5, 0.6) is 0 Å². The Hall–Kier alpha value is -0.150. The maximum absolute atomic E-state index is 12.4. The molecule has 0 aromatic heterocycles. The lowest BCUT2D eigenvalue weighted by Gasteiger charge is -2.16. The highest BCUT2D eigenvalue weighted by Crippen LogP contribution is 2.07. The van der Waals surface area contributed by atoms with E-state index in [1.54, 1.807) is 13.8 Å². The molecule has 0 rings (SSSR count). The van der Waals surface area contributed by atoms with Crippen LogP contribution in [-0.4, -0.2) is 23.9 Å². The molecule has 2 atom stereocenters. The molecule has 0 unspecified atom stereocenters. The first-order valence-corrected chi connectivity index (χ1v) is 3.11. The van der Waals surface area contributed by atoms with Gasteiger partial charge in [0.25, 0.3) is 0 Å². The third kappa shape index (κ3) is 2.77. The lowest BCUT2D eigenvalue weighted by molar-refractivity contribution is 0.0455. The normalized spacial score (nSPS) is 18.0. The van der Waals surface area contributed by atoms with Crippen molar-refractivity contribution in [3.05, 3.63) is 0 Å². The molecule has 0 amide bonds. The molecule has 0 spiro atoms. The summed E-state index contributed by atoms with van der Waals surface area (Å²) in [5.74, 6) is -0.0523. The molecule has 0 aliphatic rings. The van der Waals surface area contributed by atoms with Gasteiger partial charge in [-0.25, -0.2) is 4.39 Å². The van der Waals surface area contributed by atoms with Crippen molar-refractivity contribution in [1.29, 1.82) is 0 Å². The highest BCUT2D eigenvalue weighted by atomic mass is 19.1. The molecular weight excluding hydrogens is 121 g/mol. The Bertz CT molecular complexity index is 77.5. The van der Waals surface area contributed by atoms with Crippen LogP contribution in [0.2, 0.25) is 0 Å². The molecule has 0 bridgehead atoms. The van der Waals surface area contributed by atoms with Crippen molar-refractivity contribution in [2.45, 2.75) is 26.1 Å². The van der Waals surface area contributed by atoms with E-state index in [0.29, 0.717) is 0 Å². The van der Waals surface area contributed by atoms with Gasteiger partial charge in [-0.15, -0.1) is 0 Å². The molecular formula is C6H14FNO. The molecule has 3 heteroatoms. The van der Waals surface area contributed by atoms with E-state index in [1.165, 1.54) is 0 Å². The summed E-state index contributed by atoms with van der Waals surface area (Å²) in [7, 11) is 0. The van der Waals surface area contributed by atoms with Crippen molar-refractivity contribution in [3.63, 3.8) is 0 Å². The van der Waals surface area contributed by atoms with Crippen molar-refractivity contribution in [3.8, 4) is 0 Å². The van der Waals surface area contributed by atoms with E-state index >= 15 is 0 Å². The highest BCUT2D eigenvalue weighted by Gasteiger charge is 2.19. The molecule has 0 saturated heterocycles. The molecule has 3 N–H and O–H groups in total. The van der Waals surface area contributed by atoms with Gasteiger partial charge in [0.05, 0.1) is 6.10 Å². The van der Waals surface area contributed by atoms with Crippen molar-refractivity contribution < 1.29 is 9.50 Å². The van der Waals surface area contributed by atoms with Crippen molar-refractivity contribution in [1.82, 2.24) is 0 Å². The summed E-state index contributed by atoms with van der Waals surface area (Å²) >= 11 is 0. The van der Waals surface area contributed by atoms with E-state index in [0.717, 1.165) is 0 Å². The minimum atomic E-state index is -1.27. The van der Waals surface area contributed by atoms with Crippen LogP contribution in [0.25, 0.3) is 0 Å². The fourth-order valence-corrected chi connectivity index (χ4v) is 0.557. The smallest absolute Gasteiger partial charge is 0.138 e. The number of alkyl halides is 1. The standard InChI is InChI=1S/C6H14FNO/c1-4(2)6(9)5(7)3-8/h4-6,9H,3,8H2,1-2H3/t5-,6+/m1/s1. The van der Waals surface area contributed by atoms with Gasteiger partial charge in [-0.1, -0.05) is 13.8 Å². The topological polar surface area (TPSA) is 46.2 Å². The number of halogens is 1. The quantitative estimate of drug-likeness (QED) is 0.584. The van der Waals surface area contributed by atoms with Crippen molar-refractivity contribution >= 4 is 0 Å². The van der Waals surface area contributed by atoms with Crippen LogP contribution in [0.1, 0.15) is 13.8 Å². The zero-order valence-electron chi connectivity index (χ0n) is 5.84. The minimum absolute atomic E-state index is 0.0523. The summed E-state index contributed by atoms with van der Waals surface area (Å²) in [6, 6.07) is 0. The second-order valence-corrected chi connectivity index (χ2v) is 2.49. The van der Waals surface area contributed by atoms with E-state index in [1.807, 2.05) is 0 Å². The Morgan fingerprint density at radius 2 is 2.00 bits per heavy atom. The molecule has 0 fully saturated rings. The maximum atomic E-state index is 12.4. The number of hydrogen-bond donors (Lipinski definition) is 2. The van der Waals surface area contributed by atoms with Gasteiger partial charge in [0.2, 0.25) is 0 Å². The molecule has 0 radical (unpaired) electrons. The average Bonchev–Trinajstić information content (AvgIpc) is 1.84. The summed E-state index contributed by atoms with van der Waals surface area (Å²) in [5.41, 5.74) is 4.98. The Morgan fingerprint density at radius 3 is 2.11 bits per heavy atom. The van der Waals surface area contributed by atoms with Crippen LogP contribution >= 0.6 is 0 Å². The largest absolute Gasteiger partial charge is 0.390 e. The van der Waals surface area contributed by atoms with Gasteiger partial charge in [-0.2, -0.15) is 0 Å². The third-order valence-electron chi connectivity index (χ3n) is 1.28. The average molecular weight is 135 g/mol. The van der Waals surface area contributed by atoms with Crippen LogP contribution < -0.4 is 5.73 Å². The third-order valence-corrected chi connectivity index (χ3v) is 1.28. The number of hydrogen-bond acceptors (Lipinski definition) is 2. The van der Waals surface area contributed by atoms with Crippen LogP contribution in [0, 0.1) is 5.92 Å². The van der Waals surface area contributed by atoms with Crippen molar-refractivity contribution in [2.24, 2.45) is 11.7 Å². The maximum Gasteiger partial charge on any atom is 0.138 e. The van der Waals surface area contributed by atoms with Crippen LogP contribution in [-0.2, 0) is 0 Å². The Balaban J connectivity index is 3.58. The van der Waals surface area contributed by atoms with Gasteiger partial charge in [0.1, 0.15) is 6.17 Å². The number of nitrogens with two attached hydrogens (primary N) is 1. The Morgan fingerprint density at radius 1 is 1.56 bits per heavy atom. The van der Waals surface area contributed by atoms with Gasteiger partial charge < -0.3 is 10.8 Å². The van der Waals surface area contributed by atoms with Gasteiger partial charge in [0, 0.05) is 6.54 Å².